The number of carbonyl (C=O) groups excluding carboxylic acids is 1. The van der Waals surface area contributed by atoms with Gasteiger partial charge in [0.25, 0.3) is 5.91 Å². The molecule has 0 saturated carbocycles. The number of benzene rings is 2. The molecule has 3 rings (SSSR count). The van der Waals surface area contributed by atoms with E-state index in [1.165, 1.54) is 6.07 Å². The fourth-order valence-corrected chi connectivity index (χ4v) is 3.16. The Bertz CT molecular complexity index is 1180. The smallest absolute Gasteiger partial charge is 0.417 e. The second kappa shape index (κ2) is 10.4. The number of pyridine rings is 1. The molecule has 0 aliphatic carbocycles. The minimum Gasteiger partial charge on any atom is -0.457 e. The molecular formula is C23H20ClF3N4O2. The summed E-state index contributed by atoms with van der Waals surface area (Å²) in [6.45, 7) is 0.217. The van der Waals surface area contributed by atoms with E-state index < -0.39 is 22.7 Å². The van der Waals surface area contributed by atoms with E-state index >= 15 is 0 Å². The van der Waals surface area contributed by atoms with Crippen molar-refractivity contribution in [2.45, 2.75) is 12.6 Å². The van der Waals surface area contributed by atoms with Crippen molar-refractivity contribution in [3.05, 3.63) is 88.2 Å². The highest BCUT2D eigenvalue weighted by Gasteiger charge is 2.33. The van der Waals surface area contributed by atoms with Gasteiger partial charge in [-0.3, -0.25) is 14.8 Å². The van der Waals surface area contributed by atoms with E-state index in [1.807, 2.05) is 6.07 Å². The molecule has 2 aromatic carbocycles. The molecule has 3 N–H and O–H groups in total. The van der Waals surface area contributed by atoms with E-state index in [0.29, 0.717) is 23.6 Å². The van der Waals surface area contributed by atoms with E-state index in [-0.39, 0.29) is 17.9 Å². The van der Waals surface area contributed by atoms with Crippen LogP contribution in [0.5, 0.6) is 11.5 Å². The second-order valence-corrected chi connectivity index (χ2v) is 7.34. The molecule has 0 saturated heterocycles. The van der Waals surface area contributed by atoms with Crippen molar-refractivity contribution in [3.63, 3.8) is 0 Å². The summed E-state index contributed by atoms with van der Waals surface area (Å²) in [4.78, 5) is 20.3. The summed E-state index contributed by atoms with van der Waals surface area (Å²) in [5.41, 5.74) is 5.96. The number of nitrogens with zero attached hydrogens (tertiary/aromatic N) is 2. The van der Waals surface area contributed by atoms with Gasteiger partial charge in [0.1, 0.15) is 23.0 Å². The van der Waals surface area contributed by atoms with Crippen LogP contribution in [0.4, 0.5) is 13.2 Å². The standard InChI is InChI=1S/C23H20ClF3N4O2/c1-29-21(28)20-13-17(8-10-30-20)33-16-4-2-3-14(11-16)7-9-31-22(32)15-5-6-19(24)18(12-15)23(25,26)27/h2-6,8,10-13H,7,9H2,1H3,(H2,28,29)(H,31,32). The average Bonchev–Trinajstić information content (AvgIpc) is 2.78. The van der Waals surface area contributed by atoms with Crippen molar-refractivity contribution in [2.75, 3.05) is 13.6 Å². The van der Waals surface area contributed by atoms with Crippen molar-refractivity contribution in [2.24, 2.45) is 10.7 Å². The van der Waals surface area contributed by atoms with Gasteiger partial charge in [-0.2, -0.15) is 13.2 Å². The van der Waals surface area contributed by atoms with E-state index in [2.05, 4.69) is 15.3 Å². The van der Waals surface area contributed by atoms with Gasteiger partial charge >= 0.3 is 6.18 Å². The molecule has 0 aliphatic rings. The van der Waals surface area contributed by atoms with Gasteiger partial charge in [-0.1, -0.05) is 23.7 Å². The van der Waals surface area contributed by atoms with Gasteiger partial charge < -0.3 is 15.8 Å². The molecule has 0 fully saturated rings. The lowest BCUT2D eigenvalue weighted by molar-refractivity contribution is -0.137. The summed E-state index contributed by atoms with van der Waals surface area (Å²) in [7, 11) is 1.56. The van der Waals surface area contributed by atoms with Gasteiger partial charge in [-0.15, -0.1) is 0 Å². The lowest BCUT2D eigenvalue weighted by Gasteiger charge is -2.11. The van der Waals surface area contributed by atoms with Crippen LogP contribution in [0.2, 0.25) is 5.02 Å². The molecule has 33 heavy (non-hydrogen) atoms. The van der Waals surface area contributed by atoms with Gasteiger partial charge in [0, 0.05) is 31.4 Å². The number of rotatable bonds is 7. The molecule has 0 radical (unpaired) electrons. The number of hydrogen-bond donors (Lipinski definition) is 2. The molecule has 1 aromatic heterocycles. The first-order valence-corrected chi connectivity index (χ1v) is 10.2. The Kier molecular flexibility index (Phi) is 7.55. The quantitative estimate of drug-likeness (QED) is 0.376. The fraction of sp³-hybridized carbons (Fsp3) is 0.174. The number of hydrogen-bond acceptors (Lipinski definition) is 4. The largest absolute Gasteiger partial charge is 0.457 e. The number of aromatic nitrogens is 1. The Labute approximate surface area is 193 Å². The molecule has 0 bridgehead atoms. The maximum absolute atomic E-state index is 13.0. The number of aliphatic imine (C=N–C) groups is 1. The second-order valence-electron chi connectivity index (χ2n) is 6.93. The van der Waals surface area contributed by atoms with E-state index in [4.69, 9.17) is 22.1 Å². The van der Waals surface area contributed by atoms with Crippen LogP contribution in [-0.2, 0) is 12.6 Å². The molecule has 1 heterocycles. The number of nitrogens with two attached hydrogens (primary N) is 1. The van der Waals surface area contributed by atoms with Crippen LogP contribution in [0.3, 0.4) is 0 Å². The maximum atomic E-state index is 13.0. The summed E-state index contributed by atoms with van der Waals surface area (Å²) in [6, 6.07) is 13.6. The highest BCUT2D eigenvalue weighted by atomic mass is 35.5. The lowest BCUT2D eigenvalue weighted by atomic mass is 10.1. The Balaban J connectivity index is 1.61. The fourth-order valence-electron chi connectivity index (χ4n) is 2.94. The zero-order chi connectivity index (χ0) is 24.0. The Morgan fingerprint density at radius 3 is 2.64 bits per heavy atom. The number of alkyl halides is 3. The summed E-state index contributed by atoms with van der Waals surface area (Å²) in [5.74, 6) is 0.757. The van der Waals surface area contributed by atoms with Crippen LogP contribution >= 0.6 is 11.6 Å². The van der Waals surface area contributed by atoms with E-state index in [1.54, 1.807) is 43.6 Å². The third-order valence-electron chi connectivity index (χ3n) is 4.60. The highest BCUT2D eigenvalue weighted by Crippen LogP contribution is 2.35. The first-order chi connectivity index (χ1) is 15.7. The highest BCUT2D eigenvalue weighted by molar-refractivity contribution is 6.31. The van der Waals surface area contributed by atoms with Crippen LogP contribution in [0.15, 0.2) is 65.8 Å². The topological polar surface area (TPSA) is 89.6 Å². The predicted molar refractivity (Wildman–Crippen MR) is 120 cm³/mol. The zero-order valence-corrected chi connectivity index (χ0v) is 18.2. The normalized spacial score (nSPS) is 11.8. The minimum atomic E-state index is -4.64. The van der Waals surface area contributed by atoms with Crippen molar-refractivity contribution >= 4 is 23.3 Å². The van der Waals surface area contributed by atoms with Crippen molar-refractivity contribution in [1.29, 1.82) is 0 Å². The lowest BCUT2D eigenvalue weighted by Crippen LogP contribution is -2.26. The molecule has 172 valence electrons. The number of halogens is 4. The number of ether oxygens (including phenoxy) is 1. The van der Waals surface area contributed by atoms with Crippen molar-refractivity contribution in [1.82, 2.24) is 10.3 Å². The van der Waals surface area contributed by atoms with Gasteiger partial charge in [0.15, 0.2) is 0 Å². The molecular weight excluding hydrogens is 457 g/mol. The van der Waals surface area contributed by atoms with Gasteiger partial charge in [-0.05, 0) is 48.4 Å². The van der Waals surface area contributed by atoms with Crippen LogP contribution in [-0.4, -0.2) is 30.3 Å². The zero-order valence-electron chi connectivity index (χ0n) is 17.5. The molecule has 0 aliphatic heterocycles. The van der Waals surface area contributed by atoms with Crippen molar-refractivity contribution in [3.8, 4) is 11.5 Å². The summed E-state index contributed by atoms with van der Waals surface area (Å²) >= 11 is 5.60. The summed E-state index contributed by atoms with van der Waals surface area (Å²) in [6.07, 6.45) is -2.64. The summed E-state index contributed by atoms with van der Waals surface area (Å²) in [5, 5.41) is 2.16. The van der Waals surface area contributed by atoms with Crippen LogP contribution in [0, 0.1) is 0 Å². The molecule has 1 amide bonds. The van der Waals surface area contributed by atoms with Crippen molar-refractivity contribution < 1.29 is 22.7 Å². The summed E-state index contributed by atoms with van der Waals surface area (Å²) < 4.78 is 44.8. The molecule has 3 aromatic rings. The predicted octanol–water partition coefficient (Wildman–Crippen LogP) is 4.85. The average molecular weight is 477 g/mol. The van der Waals surface area contributed by atoms with Gasteiger partial charge in [-0.25, -0.2) is 0 Å². The third-order valence-corrected chi connectivity index (χ3v) is 4.93. The third kappa shape index (κ3) is 6.45. The monoisotopic (exact) mass is 476 g/mol. The molecule has 0 atom stereocenters. The number of amidine groups is 1. The molecule has 0 spiro atoms. The van der Waals surface area contributed by atoms with Crippen LogP contribution < -0.4 is 15.8 Å². The number of amides is 1. The Hall–Kier alpha value is -3.59. The maximum Gasteiger partial charge on any atom is 0.417 e. The molecule has 10 heteroatoms. The number of carbonyl (C=O) groups is 1. The Morgan fingerprint density at radius 2 is 1.91 bits per heavy atom. The number of nitrogens with one attached hydrogen (secondary N) is 1. The van der Waals surface area contributed by atoms with E-state index in [9.17, 15) is 18.0 Å². The minimum absolute atomic E-state index is 0.118. The molecule has 6 nitrogen and oxygen atoms in total. The molecule has 0 unspecified atom stereocenters. The van der Waals surface area contributed by atoms with Gasteiger partial charge in [0.05, 0.1) is 10.6 Å². The van der Waals surface area contributed by atoms with Crippen LogP contribution in [0.1, 0.15) is 27.2 Å². The SMILES string of the molecule is C/N=C(\N)c1cc(Oc2cccc(CCNC(=O)c3ccc(Cl)c(C(F)(F)F)c3)c2)ccn1. The van der Waals surface area contributed by atoms with E-state index in [0.717, 1.165) is 17.7 Å². The Morgan fingerprint density at radius 1 is 1.15 bits per heavy atom. The van der Waals surface area contributed by atoms with Gasteiger partial charge in [0.2, 0.25) is 0 Å². The first kappa shape index (κ1) is 24.1. The van der Waals surface area contributed by atoms with Crippen LogP contribution in [0.25, 0.3) is 0 Å². The first-order valence-electron chi connectivity index (χ1n) is 9.78.